The van der Waals surface area contributed by atoms with Crippen LogP contribution in [0.1, 0.15) is 34.5 Å². The second kappa shape index (κ2) is 9.70. The molecule has 0 bridgehead atoms. The summed E-state index contributed by atoms with van der Waals surface area (Å²) in [6.07, 6.45) is 0. The van der Waals surface area contributed by atoms with Gasteiger partial charge in [-0.25, -0.2) is 0 Å². The van der Waals surface area contributed by atoms with E-state index in [1.165, 1.54) is 19.2 Å². The van der Waals surface area contributed by atoms with E-state index < -0.39 is 4.92 Å². The van der Waals surface area contributed by atoms with Crippen LogP contribution in [0.15, 0.2) is 36.4 Å². The minimum absolute atomic E-state index is 0.0838. The molecule has 0 fully saturated rings. The van der Waals surface area contributed by atoms with Gasteiger partial charge in [-0.05, 0) is 37.6 Å². The smallest absolute Gasteiger partial charge is 0.273 e. The Morgan fingerprint density at radius 1 is 1.18 bits per heavy atom. The number of rotatable bonds is 9. The molecule has 1 amide bonds. The number of ether oxygens (including phenoxy) is 3. The van der Waals surface area contributed by atoms with Crippen molar-refractivity contribution in [3.63, 3.8) is 0 Å². The highest BCUT2D eigenvalue weighted by Crippen LogP contribution is 2.30. The van der Waals surface area contributed by atoms with Crippen LogP contribution in [0.4, 0.5) is 5.69 Å². The van der Waals surface area contributed by atoms with Crippen molar-refractivity contribution < 1.29 is 23.9 Å². The molecule has 1 unspecified atom stereocenters. The molecule has 28 heavy (non-hydrogen) atoms. The molecule has 0 aliphatic carbocycles. The predicted octanol–water partition coefficient (Wildman–Crippen LogP) is 3.43. The van der Waals surface area contributed by atoms with Gasteiger partial charge in [0.25, 0.3) is 11.6 Å². The molecule has 0 aliphatic rings. The van der Waals surface area contributed by atoms with Crippen molar-refractivity contribution >= 4 is 11.6 Å². The van der Waals surface area contributed by atoms with Crippen molar-refractivity contribution in [2.24, 2.45) is 0 Å². The number of benzene rings is 2. The topological polar surface area (TPSA) is 99.9 Å². The number of nitrogens with zero attached hydrogens (tertiary/aromatic N) is 1. The van der Waals surface area contributed by atoms with Gasteiger partial charge in [-0.3, -0.25) is 14.9 Å². The van der Waals surface area contributed by atoms with E-state index in [4.69, 9.17) is 14.2 Å². The van der Waals surface area contributed by atoms with Crippen LogP contribution in [0, 0.1) is 17.0 Å². The van der Waals surface area contributed by atoms with E-state index in [-0.39, 0.29) is 23.2 Å². The van der Waals surface area contributed by atoms with Crippen LogP contribution in [0.25, 0.3) is 0 Å². The van der Waals surface area contributed by atoms with Gasteiger partial charge < -0.3 is 19.5 Å². The zero-order valence-electron chi connectivity index (χ0n) is 16.4. The van der Waals surface area contributed by atoms with Crippen molar-refractivity contribution in [3.8, 4) is 11.5 Å². The number of nitrogens with one attached hydrogen (secondary N) is 1. The van der Waals surface area contributed by atoms with Gasteiger partial charge in [0.15, 0.2) is 11.5 Å². The van der Waals surface area contributed by atoms with E-state index in [1.54, 1.807) is 32.2 Å². The first-order valence-corrected chi connectivity index (χ1v) is 8.73. The molecule has 2 rings (SSSR count). The quantitative estimate of drug-likeness (QED) is 0.401. The normalized spacial score (nSPS) is 11.6. The fourth-order valence-electron chi connectivity index (χ4n) is 2.73. The van der Waals surface area contributed by atoms with E-state index in [0.29, 0.717) is 30.3 Å². The Kier molecular flexibility index (Phi) is 7.34. The molecule has 0 aliphatic heterocycles. The molecule has 1 atom stereocenters. The molecular weight excluding hydrogens is 364 g/mol. The van der Waals surface area contributed by atoms with Crippen LogP contribution in [0.5, 0.6) is 11.5 Å². The highest BCUT2D eigenvalue weighted by Gasteiger charge is 2.20. The summed E-state index contributed by atoms with van der Waals surface area (Å²) in [5.41, 5.74) is 1.33. The summed E-state index contributed by atoms with van der Waals surface area (Å²) in [6.45, 7) is 4.24. The largest absolute Gasteiger partial charge is 0.493 e. The average molecular weight is 388 g/mol. The number of carbonyl (C=O) groups is 1. The maximum absolute atomic E-state index is 12.6. The van der Waals surface area contributed by atoms with Crippen LogP contribution in [0.3, 0.4) is 0 Å². The van der Waals surface area contributed by atoms with E-state index >= 15 is 0 Å². The lowest BCUT2D eigenvalue weighted by molar-refractivity contribution is -0.385. The van der Waals surface area contributed by atoms with Gasteiger partial charge in [0, 0.05) is 24.3 Å². The minimum atomic E-state index is -0.497. The standard InChI is InChI=1S/C20H24N2O6/c1-13-16(6-5-7-17(13)22(24)25)20(23)21-14(2)15-8-9-18(19(12-15)27-4)28-11-10-26-3/h5-9,12,14H,10-11H2,1-4H3,(H,21,23). The third-order valence-electron chi connectivity index (χ3n) is 4.33. The summed E-state index contributed by atoms with van der Waals surface area (Å²) in [6, 6.07) is 9.49. The first-order valence-electron chi connectivity index (χ1n) is 8.73. The fourth-order valence-corrected chi connectivity index (χ4v) is 2.73. The fraction of sp³-hybridized carbons (Fsp3) is 0.350. The zero-order valence-corrected chi connectivity index (χ0v) is 16.4. The van der Waals surface area contributed by atoms with Gasteiger partial charge >= 0.3 is 0 Å². The van der Waals surface area contributed by atoms with Gasteiger partial charge in [0.1, 0.15) is 6.61 Å². The molecule has 8 heteroatoms. The van der Waals surface area contributed by atoms with E-state index in [9.17, 15) is 14.9 Å². The van der Waals surface area contributed by atoms with Crippen LogP contribution >= 0.6 is 0 Å². The van der Waals surface area contributed by atoms with Gasteiger partial charge in [-0.2, -0.15) is 0 Å². The first-order chi connectivity index (χ1) is 13.4. The Hall–Kier alpha value is -3.13. The Morgan fingerprint density at radius 2 is 1.93 bits per heavy atom. The van der Waals surface area contributed by atoms with Gasteiger partial charge in [-0.15, -0.1) is 0 Å². The molecule has 0 aromatic heterocycles. The third kappa shape index (κ3) is 4.98. The molecule has 0 saturated carbocycles. The summed E-state index contributed by atoms with van der Waals surface area (Å²) < 4.78 is 15.9. The highest BCUT2D eigenvalue weighted by atomic mass is 16.6. The Balaban J connectivity index is 2.16. The Labute approximate surface area is 163 Å². The molecule has 8 nitrogen and oxygen atoms in total. The summed E-state index contributed by atoms with van der Waals surface area (Å²) >= 11 is 0. The number of nitro groups is 1. The summed E-state index contributed by atoms with van der Waals surface area (Å²) in [4.78, 5) is 23.2. The van der Waals surface area contributed by atoms with Crippen LogP contribution in [-0.4, -0.2) is 38.3 Å². The predicted molar refractivity (Wildman–Crippen MR) is 104 cm³/mol. The van der Waals surface area contributed by atoms with Crippen molar-refractivity contribution in [2.75, 3.05) is 27.4 Å². The van der Waals surface area contributed by atoms with E-state index in [1.807, 2.05) is 13.0 Å². The molecule has 0 heterocycles. The van der Waals surface area contributed by atoms with Crippen molar-refractivity contribution in [1.82, 2.24) is 5.32 Å². The molecule has 2 aromatic rings. The molecule has 2 aromatic carbocycles. The van der Waals surface area contributed by atoms with Crippen molar-refractivity contribution in [1.29, 1.82) is 0 Å². The van der Waals surface area contributed by atoms with Crippen molar-refractivity contribution in [3.05, 3.63) is 63.2 Å². The number of methoxy groups -OCH3 is 2. The number of hydrogen-bond donors (Lipinski definition) is 1. The van der Waals surface area contributed by atoms with Gasteiger partial charge in [0.2, 0.25) is 0 Å². The number of nitro benzene ring substituents is 1. The third-order valence-corrected chi connectivity index (χ3v) is 4.33. The highest BCUT2D eigenvalue weighted by molar-refractivity contribution is 5.96. The molecule has 150 valence electrons. The maximum Gasteiger partial charge on any atom is 0.273 e. The van der Waals surface area contributed by atoms with Gasteiger partial charge in [0.05, 0.1) is 24.7 Å². The van der Waals surface area contributed by atoms with Crippen LogP contribution < -0.4 is 14.8 Å². The molecule has 0 saturated heterocycles. The lowest BCUT2D eigenvalue weighted by Crippen LogP contribution is -2.27. The number of carbonyl (C=O) groups excluding carboxylic acids is 1. The summed E-state index contributed by atoms with van der Waals surface area (Å²) in [7, 11) is 3.13. The molecule has 1 N–H and O–H groups in total. The molecular formula is C20H24N2O6. The lowest BCUT2D eigenvalue weighted by Gasteiger charge is -2.18. The zero-order chi connectivity index (χ0) is 20.7. The van der Waals surface area contributed by atoms with Gasteiger partial charge in [-0.1, -0.05) is 12.1 Å². The SMILES string of the molecule is COCCOc1ccc(C(C)NC(=O)c2cccc([N+](=O)[O-])c2C)cc1OC. The lowest BCUT2D eigenvalue weighted by atomic mass is 10.0. The summed E-state index contributed by atoms with van der Waals surface area (Å²) in [5, 5.41) is 13.9. The van der Waals surface area contributed by atoms with E-state index in [2.05, 4.69) is 5.32 Å². The van der Waals surface area contributed by atoms with E-state index in [0.717, 1.165) is 5.56 Å². The Morgan fingerprint density at radius 3 is 2.57 bits per heavy atom. The number of amides is 1. The van der Waals surface area contributed by atoms with Crippen LogP contribution in [0.2, 0.25) is 0 Å². The van der Waals surface area contributed by atoms with Crippen molar-refractivity contribution in [2.45, 2.75) is 19.9 Å². The maximum atomic E-state index is 12.6. The Bertz CT molecular complexity index is 853. The minimum Gasteiger partial charge on any atom is -0.493 e. The molecule has 0 spiro atoms. The second-order valence-electron chi connectivity index (χ2n) is 6.15. The number of hydrogen-bond acceptors (Lipinski definition) is 6. The van der Waals surface area contributed by atoms with Crippen LogP contribution in [-0.2, 0) is 4.74 Å². The first kappa shape index (κ1) is 21.2. The monoisotopic (exact) mass is 388 g/mol. The average Bonchev–Trinajstić information content (AvgIpc) is 2.68. The summed E-state index contributed by atoms with van der Waals surface area (Å²) in [5.74, 6) is 0.741. The molecule has 0 radical (unpaired) electrons. The second-order valence-corrected chi connectivity index (χ2v) is 6.15.